The van der Waals surface area contributed by atoms with E-state index in [4.69, 9.17) is 4.74 Å². The molecule has 0 saturated heterocycles. The summed E-state index contributed by atoms with van der Waals surface area (Å²) in [5, 5.41) is 10.5. The van der Waals surface area contributed by atoms with Crippen molar-refractivity contribution in [1.82, 2.24) is 0 Å². The smallest absolute Gasteiger partial charge is 0.308 e. The van der Waals surface area contributed by atoms with Gasteiger partial charge in [0.2, 0.25) is 0 Å². The van der Waals surface area contributed by atoms with Gasteiger partial charge in [-0.15, -0.1) is 0 Å². The van der Waals surface area contributed by atoms with Gasteiger partial charge in [0.15, 0.2) is 5.78 Å². The highest BCUT2D eigenvalue weighted by Crippen LogP contribution is 2.36. The molecule has 0 radical (unpaired) electrons. The van der Waals surface area contributed by atoms with Gasteiger partial charge >= 0.3 is 5.97 Å². The summed E-state index contributed by atoms with van der Waals surface area (Å²) in [6, 6.07) is 7.11. The molecule has 4 heteroatoms. The molecule has 1 aliphatic carbocycles. The van der Waals surface area contributed by atoms with Gasteiger partial charge in [-0.3, -0.25) is 9.59 Å². The molecule has 2 unspecified atom stereocenters. The number of methoxy groups -OCH3 is 1. The zero-order valence-electron chi connectivity index (χ0n) is 12.6. The van der Waals surface area contributed by atoms with Crippen molar-refractivity contribution in [3.05, 3.63) is 46.5 Å². The fourth-order valence-electron chi connectivity index (χ4n) is 2.70. The van der Waals surface area contributed by atoms with Crippen LogP contribution in [0.4, 0.5) is 0 Å². The number of allylic oxidation sites excluding steroid dienone is 1. The van der Waals surface area contributed by atoms with E-state index in [1.165, 1.54) is 7.11 Å². The van der Waals surface area contributed by atoms with E-state index in [1.54, 1.807) is 32.0 Å². The summed E-state index contributed by atoms with van der Waals surface area (Å²) >= 11 is 0. The molecular weight excluding hydrogens is 268 g/mol. The quantitative estimate of drug-likeness (QED) is 0.865. The van der Waals surface area contributed by atoms with E-state index in [9.17, 15) is 14.7 Å². The molecule has 1 aromatic rings. The molecule has 1 aromatic carbocycles. The maximum absolute atomic E-state index is 12.3. The van der Waals surface area contributed by atoms with Crippen molar-refractivity contribution < 1.29 is 19.4 Å². The molecule has 0 aliphatic heterocycles. The third-order valence-corrected chi connectivity index (χ3v) is 4.10. The minimum absolute atomic E-state index is 0.0448. The van der Waals surface area contributed by atoms with E-state index in [0.717, 1.165) is 0 Å². The fraction of sp³-hybridized carbons (Fsp3) is 0.412. The predicted octanol–water partition coefficient (Wildman–Crippen LogP) is 2.82. The lowest BCUT2D eigenvalue weighted by molar-refractivity contribution is -0.145. The van der Waals surface area contributed by atoms with Gasteiger partial charge in [-0.2, -0.15) is 0 Å². The Balaban J connectivity index is 2.22. The largest absolute Gasteiger partial charge is 0.469 e. The lowest BCUT2D eigenvalue weighted by Crippen LogP contribution is -2.20. The van der Waals surface area contributed by atoms with Gasteiger partial charge in [0, 0.05) is 5.56 Å². The van der Waals surface area contributed by atoms with Gasteiger partial charge in [0.25, 0.3) is 0 Å². The summed E-state index contributed by atoms with van der Waals surface area (Å²) in [5.74, 6) is -0.573. The number of carbonyl (C=O) groups excluding carboxylic acids is 2. The number of rotatable bonds is 4. The van der Waals surface area contributed by atoms with Crippen molar-refractivity contribution in [1.29, 1.82) is 0 Å². The molecule has 4 nitrogen and oxygen atoms in total. The van der Waals surface area contributed by atoms with Gasteiger partial charge in [0.05, 0.1) is 13.0 Å². The van der Waals surface area contributed by atoms with Gasteiger partial charge in [-0.1, -0.05) is 31.2 Å². The van der Waals surface area contributed by atoms with Crippen LogP contribution in [-0.2, 0) is 9.53 Å². The Hall–Kier alpha value is -1.94. The van der Waals surface area contributed by atoms with Crippen LogP contribution in [0.15, 0.2) is 35.4 Å². The van der Waals surface area contributed by atoms with Crippen molar-refractivity contribution in [2.75, 3.05) is 7.11 Å². The third-order valence-electron chi connectivity index (χ3n) is 4.10. The summed E-state index contributed by atoms with van der Waals surface area (Å²) in [6.07, 6.45) is 0.276. The van der Waals surface area contributed by atoms with E-state index in [0.29, 0.717) is 35.1 Å². The predicted molar refractivity (Wildman–Crippen MR) is 78.8 cm³/mol. The van der Waals surface area contributed by atoms with E-state index in [2.05, 4.69) is 0 Å². The number of Topliss-reactive ketones (excluding diaryl/α,β-unsaturated/α-hetero) is 1. The Morgan fingerprint density at radius 1 is 1.38 bits per heavy atom. The minimum atomic E-state index is -0.774. The van der Waals surface area contributed by atoms with Crippen LogP contribution in [0.2, 0.25) is 0 Å². The van der Waals surface area contributed by atoms with E-state index < -0.39 is 6.10 Å². The van der Waals surface area contributed by atoms with Crippen molar-refractivity contribution in [2.24, 2.45) is 5.92 Å². The van der Waals surface area contributed by atoms with Crippen LogP contribution in [0.3, 0.4) is 0 Å². The van der Waals surface area contributed by atoms with Crippen LogP contribution in [0, 0.1) is 5.92 Å². The molecule has 112 valence electrons. The van der Waals surface area contributed by atoms with Gasteiger partial charge in [-0.05, 0) is 36.5 Å². The molecule has 0 fully saturated rings. The number of hydrogen-bond acceptors (Lipinski definition) is 4. The summed E-state index contributed by atoms with van der Waals surface area (Å²) in [6.45, 7) is 3.52. The van der Waals surface area contributed by atoms with Gasteiger partial charge in [-0.25, -0.2) is 0 Å². The summed E-state index contributed by atoms with van der Waals surface area (Å²) < 4.78 is 4.70. The Kier molecular flexibility index (Phi) is 4.58. The lowest BCUT2D eigenvalue weighted by Gasteiger charge is -2.26. The summed E-state index contributed by atoms with van der Waals surface area (Å²) in [4.78, 5) is 23.8. The van der Waals surface area contributed by atoms with Crippen LogP contribution in [0.5, 0.6) is 0 Å². The molecule has 0 spiro atoms. The highest BCUT2D eigenvalue weighted by atomic mass is 16.5. The molecule has 21 heavy (non-hydrogen) atoms. The van der Waals surface area contributed by atoms with E-state index in [1.807, 2.05) is 6.07 Å². The number of hydrogen-bond donors (Lipinski definition) is 1. The second-order valence-electron chi connectivity index (χ2n) is 5.43. The first-order valence-electron chi connectivity index (χ1n) is 7.06. The second-order valence-corrected chi connectivity index (χ2v) is 5.43. The number of fused-ring (bicyclic) bond motifs is 1. The molecule has 0 amide bonds. The van der Waals surface area contributed by atoms with Gasteiger partial charge < -0.3 is 9.84 Å². The zero-order valence-corrected chi connectivity index (χ0v) is 12.6. The average Bonchev–Trinajstić information content (AvgIpc) is 2.51. The number of aliphatic hydroxyl groups excluding tert-OH is 1. The first kappa shape index (κ1) is 15.4. The molecule has 1 aliphatic rings. The lowest BCUT2D eigenvalue weighted by atomic mass is 9.81. The molecular formula is C17H20O4. The standard InChI is InChI=1S/C17H20O4/c1-10(17(20)21-3)8-9-12-11(2)15(18)13-6-4-5-7-14(13)16(12)19/h4-7,10,16,19H,8-9H2,1-3H3. The summed E-state index contributed by atoms with van der Waals surface area (Å²) in [7, 11) is 1.36. The molecule has 2 rings (SSSR count). The highest BCUT2D eigenvalue weighted by Gasteiger charge is 2.30. The van der Waals surface area contributed by atoms with Crippen LogP contribution in [0.1, 0.15) is 48.7 Å². The normalized spacial score (nSPS) is 19.2. The average molecular weight is 288 g/mol. The van der Waals surface area contributed by atoms with E-state index >= 15 is 0 Å². The first-order chi connectivity index (χ1) is 9.97. The maximum Gasteiger partial charge on any atom is 0.308 e. The van der Waals surface area contributed by atoms with Crippen molar-refractivity contribution in [3.63, 3.8) is 0 Å². The fourth-order valence-corrected chi connectivity index (χ4v) is 2.70. The monoisotopic (exact) mass is 288 g/mol. The van der Waals surface area contributed by atoms with Crippen LogP contribution in [0.25, 0.3) is 0 Å². The first-order valence-corrected chi connectivity index (χ1v) is 7.06. The Bertz CT molecular complexity index is 601. The zero-order chi connectivity index (χ0) is 15.6. The Labute approximate surface area is 124 Å². The summed E-state index contributed by atoms with van der Waals surface area (Å²) in [5.41, 5.74) is 2.49. The maximum atomic E-state index is 12.3. The van der Waals surface area contributed by atoms with Crippen LogP contribution >= 0.6 is 0 Å². The van der Waals surface area contributed by atoms with Crippen molar-refractivity contribution in [2.45, 2.75) is 32.8 Å². The Morgan fingerprint density at radius 3 is 2.71 bits per heavy atom. The van der Waals surface area contributed by atoms with Crippen molar-refractivity contribution >= 4 is 11.8 Å². The number of aliphatic hydroxyl groups is 1. The Morgan fingerprint density at radius 2 is 2.05 bits per heavy atom. The molecule has 0 heterocycles. The molecule has 0 saturated carbocycles. The number of esters is 1. The molecule has 0 aromatic heterocycles. The number of ether oxygens (including phenoxy) is 1. The topological polar surface area (TPSA) is 63.6 Å². The van der Waals surface area contributed by atoms with Gasteiger partial charge in [0.1, 0.15) is 6.10 Å². The van der Waals surface area contributed by atoms with E-state index in [-0.39, 0.29) is 17.7 Å². The number of ketones is 1. The van der Waals surface area contributed by atoms with Crippen LogP contribution in [-0.4, -0.2) is 24.0 Å². The minimum Gasteiger partial charge on any atom is -0.469 e. The number of carbonyl (C=O) groups is 2. The highest BCUT2D eigenvalue weighted by molar-refractivity contribution is 6.11. The number of benzene rings is 1. The second kappa shape index (κ2) is 6.22. The third kappa shape index (κ3) is 2.90. The van der Waals surface area contributed by atoms with Crippen LogP contribution < -0.4 is 0 Å². The van der Waals surface area contributed by atoms with Crippen molar-refractivity contribution in [3.8, 4) is 0 Å². The SMILES string of the molecule is COC(=O)C(C)CCC1=C(C)C(=O)c2ccccc2C1O. The molecule has 2 atom stereocenters. The molecule has 1 N–H and O–H groups in total. The molecule has 0 bridgehead atoms.